The zero-order valence-corrected chi connectivity index (χ0v) is 16.4. The first-order chi connectivity index (χ1) is 13.2. The predicted octanol–water partition coefficient (Wildman–Crippen LogP) is 2.84. The molecule has 7 nitrogen and oxygen atoms in total. The van der Waals surface area contributed by atoms with Gasteiger partial charge in [-0.3, -0.25) is 9.89 Å². The standard InChI is InChI=1S/C20H25FN4O3/c1-20(2,3)28-19(27)25-10-8-24(9-11-25)18(26)13-16-12-17(23-22-16)14-4-6-15(21)7-5-14/h4-7,12H,8-11,13H2,1-3H3,(H,22,23). The number of aromatic nitrogens is 2. The first-order valence-corrected chi connectivity index (χ1v) is 9.27. The first kappa shape index (κ1) is 19.9. The number of hydrogen-bond donors (Lipinski definition) is 1. The number of halogens is 1. The van der Waals surface area contributed by atoms with Gasteiger partial charge in [-0.15, -0.1) is 0 Å². The molecule has 3 rings (SSSR count). The van der Waals surface area contributed by atoms with Crippen LogP contribution in [0.3, 0.4) is 0 Å². The molecule has 0 bridgehead atoms. The normalized spacial score (nSPS) is 14.9. The summed E-state index contributed by atoms with van der Waals surface area (Å²) in [5.74, 6) is -0.335. The highest BCUT2D eigenvalue weighted by Crippen LogP contribution is 2.19. The van der Waals surface area contributed by atoms with Crippen LogP contribution in [0.5, 0.6) is 0 Å². The average molecular weight is 388 g/mol. The molecule has 2 amide bonds. The molecular weight excluding hydrogens is 363 g/mol. The van der Waals surface area contributed by atoms with Crippen LogP contribution in [0.15, 0.2) is 30.3 Å². The molecular formula is C20H25FN4O3. The fourth-order valence-corrected chi connectivity index (χ4v) is 2.96. The third-order valence-electron chi connectivity index (χ3n) is 4.40. The maximum Gasteiger partial charge on any atom is 0.410 e. The minimum Gasteiger partial charge on any atom is -0.444 e. The summed E-state index contributed by atoms with van der Waals surface area (Å²) < 4.78 is 18.4. The molecule has 1 saturated heterocycles. The molecule has 2 heterocycles. The van der Waals surface area contributed by atoms with Crippen LogP contribution in [0.1, 0.15) is 26.5 Å². The summed E-state index contributed by atoms with van der Waals surface area (Å²) in [5, 5.41) is 7.06. The van der Waals surface area contributed by atoms with Gasteiger partial charge < -0.3 is 14.5 Å². The van der Waals surface area contributed by atoms with Crippen LogP contribution in [-0.4, -0.2) is 63.8 Å². The Bertz CT molecular complexity index is 834. The minimum atomic E-state index is -0.535. The van der Waals surface area contributed by atoms with Gasteiger partial charge >= 0.3 is 6.09 Å². The number of amides is 2. The minimum absolute atomic E-state index is 0.0295. The van der Waals surface area contributed by atoms with Crippen LogP contribution in [0.25, 0.3) is 11.3 Å². The van der Waals surface area contributed by atoms with Crippen molar-refractivity contribution in [2.75, 3.05) is 26.2 Å². The Hall–Kier alpha value is -2.90. The molecule has 1 aliphatic rings. The number of carbonyl (C=O) groups excluding carboxylic acids is 2. The molecule has 28 heavy (non-hydrogen) atoms. The number of nitrogens with zero attached hydrogens (tertiary/aromatic N) is 3. The van der Waals surface area contributed by atoms with E-state index in [1.807, 2.05) is 20.8 Å². The third-order valence-corrected chi connectivity index (χ3v) is 4.40. The summed E-state index contributed by atoms with van der Waals surface area (Å²) >= 11 is 0. The van der Waals surface area contributed by atoms with Crippen LogP contribution >= 0.6 is 0 Å². The summed E-state index contributed by atoms with van der Waals surface area (Å²) in [6.45, 7) is 7.32. The number of nitrogens with one attached hydrogen (secondary N) is 1. The van der Waals surface area contributed by atoms with E-state index in [0.29, 0.717) is 37.6 Å². The van der Waals surface area contributed by atoms with Gasteiger partial charge in [0.2, 0.25) is 5.91 Å². The monoisotopic (exact) mass is 388 g/mol. The molecule has 150 valence electrons. The van der Waals surface area contributed by atoms with Gasteiger partial charge in [-0.05, 0) is 51.1 Å². The topological polar surface area (TPSA) is 78.5 Å². The van der Waals surface area contributed by atoms with Crippen molar-refractivity contribution in [1.82, 2.24) is 20.0 Å². The molecule has 0 aliphatic carbocycles. The Morgan fingerprint density at radius 3 is 2.32 bits per heavy atom. The maximum absolute atomic E-state index is 13.0. The molecule has 0 radical (unpaired) electrons. The Labute approximate surface area is 163 Å². The highest BCUT2D eigenvalue weighted by molar-refractivity contribution is 5.79. The largest absolute Gasteiger partial charge is 0.444 e. The number of H-pyrrole nitrogens is 1. The number of aromatic amines is 1. The molecule has 1 aromatic heterocycles. The number of ether oxygens (including phenoxy) is 1. The van der Waals surface area contributed by atoms with Gasteiger partial charge in [0.1, 0.15) is 11.4 Å². The highest BCUT2D eigenvalue weighted by atomic mass is 19.1. The van der Waals surface area contributed by atoms with Crippen LogP contribution in [0.4, 0.5) is 9.18 Å². The Morgan fingerprint density at radius 2 is 1.71 bits per heavy atom. The highest BCUT2D eigenvalue weighted by Gasteiger charge is 2.27. The lowest BCUT2D eigenvalue weighted by Crippen LogP contribution is -2.52. The fraction of sp³-hybridized carbons (Fsp3) is 0.450. The van der Waals surface area contributed by atoms with Crippen LogP contribution in [0, 0.1) is 5.82 Å². The lowest BCUT2D eigenvalue weighted by molar-refractivity contribution is -0.132. The number of carbonyl (C=O) groups is 2. The van der Waals surface area contributed by atoms with Gasteiger partial charge in [-0.2, -0.15) is 5.10 Å². The molecule has 1 aliphatic heterocycles. The average Bonchev–Trinajstić information content (AvgIpc) is 3.09. The van der Waals surface area contributed by atoms with E-state index in [4.69, 9.17) is 4.74 Å². The molecule has 1 aromatic carbocycles. The maximum atomic E-state index is 13.0. The van der Waals surface area contributed by atoms with E-state index >= 15 is 0 Å². The number of hydrogen-bond acceptors (Lipinski definition) is 4. The van der Waals surface area contributed by atoms with Crippen molar-refractivity contribution in [3.8, 4) is 11.3 Å². The Balaban J connectivity index is 1.52. The first-order valence-electron chi connectivity index (χ1n) is 9.27. The Kier molecular flexibility index (Phi) is 5.67. The van der Waals surface area contributed by atoms with Crippen LogP contribution in [-0.2, 0) is 16.0 Å². The molecule has 0 saturated carbocycles. The van der Waals surface area contributed by atoms with Gasteiger partial charge in [0, 0.05) is 37.4 Å². The van der Waals surface area contributed by atoms with Gasteiger partial charge in [-0.1, -0.05) is 0 Å². The molecule has 1 fully saturated rings. The van der Waals surface area contributed by atoms with Crippen molar-refractivity contribution in [2.24, 2.45) is 0 Å². The van der Waals surface area contributed by atoms with Crippen molar-refractivity contribution >= 4 is 12.0 Å². The second-order valence-electron chi connectivity index (χ2n) is 7.81. The molecule has 8 heteroatoms. The Morgan fingerprint density at radius 1 is 1.11 bits per heavy atom. The fourth-order valence-electron chi connectivity index (χ4n) is 2.96. The summed E-state index contributed by atoms with van der Waals surface area (Å²) in [6, 6.07) is 7.83. The second-order valence-corrected chi connectivity index (χ2v) is 7.81. The van der Waals surface area contributed by atoms with E-state index in [-0.39, 0.29) is 24.2 Å². The third kappa shape index (κ3) is 5.09. The zero-order valence-electron chi connectivity index (χ0n) is 16.4. The van der Waals surface area contributed by atoms with E-state index in [1.54, 1.807) is 28.0 Å². The summed E-state index contributed by atoms with van der Waals surface area (Å²) in [7, 11) is 0. The number of piperazine rings is 1. The van der Waals surface area contributed by atoms with E-state index in [0.717, 1.165) is 5.56 Å². The van der Waals surface area contributed by atoms with Crippen molar-refractivity contribution in [3.63, 3.8) is 0 Å². The van der Waals surface area contributed by atoms with Gasteiger partial charge in [0.25, 0.3) is 0 Å². The van der Waals surface area contributed by atoms with Gasteiger partial charge in [0.15, 0.2) is 0 Å². The smallest absolute Gasteiger partial charge is 0.410 e. The SMILES string of the molecule is CC(C)(C)OC(=O)N1CCN(C(=O)Cc2cc(-c3ccc(F)cc3)n[nH]2)CC1. The van der Waals surface area contributed by atoms with Crippen molar-refractivity contribution < 1.29 is 18.7 Å². The van der Waals surface area contributed by atoms with Gasteiger partial charge in [-0.25, -0.2) is 9.18 Å². The summed E-state index contributed by atoms with van der Waals surface area (Å²) in [5.41, 5.74) is 1.60. The summed E-state index contributed by atoms with van der Waals surface area (Å²) in [6.07, 6.45) is -0.155. The second kappa shape index (κ2) is 8.00. The number of rotatable bonds is 3. The molecule has 0 unspecified atom stereocenters. The molecule has 0 spiro atoms. The number of benzene rings is 1. The van der Waals surface area contributed by atoms with E-state index in [1.165, 1.54) is 12.1 Å². The van der Waals surface area contributed by atoms with E-state index in [9.17, 15) is 14.0 Å². The quantitative estimate of drug-likeness (QED) is 0.877. The van der Waals surface area contributed by atoms with Crippen molar-refractivity contribution in [2.45, 2.75) is 32.8 Å². The van der Waals surface area contributed by atoms with Crippen molar-refractivity contribution in [1.29, 1.82) is 0 Å². The summed E-state index contributed by atoms with van der Waals surface area (Å²) in [4.78, 5) is 28.0. The van der Waals surface area contributed by atoms with Crippen molar-refractivity contribution in [3.05, 3.63) is 41.8 Å². The lowest BCUT2D eigenvalue weighted by atomic mass is 10.1. The van der Waals surface area contributed by atoms with E-state index < -0.39 is 5.60 Å². The van der Waals surface area contributed by atoms with Crippen LogP contribution in [0.2, 0.25) is 0 Å². The van der Waals surface area contributed by atoms with E-state index in [2.05, 4.69) is 10.2 Å². The lowest BCUT2D eigenvalue weighted by Gasteiger charge is -2.35. The molecule has 0 atom stereocenters. The molecule has 2 aromatic rings. The van der Waals surface area contributed by atoms with Gasteiger partial charge in [0.05, 0.1) is 12.1 Å². The van der Waals surface area contributed by atoms with Crippen LogP contribution < -0.4 is 0 Å². The zero-order chi connectivity index (χ0) is 20.3. The predicted molar refractivity (Wildman–Crippen MR) is 102 cm³/mol. The molecule has 1 N–H and O–H groups in total.